The molecule has 2 aromatic rings. The fourth-order valence-corrected chi connectivity index (χ4v) is 2.70. The summed E-state index contributed by atoms with van der Waals surface area (Å²) in [5.74, 6) is -0.0928. The highest BCUT2D eigenvalue weighted by molar-refractivity contribution is 6.07. The van der Waals surface area contributed by atoms with Crippen LogP contribution in [0.25, 0.3) is 0 Å². The number of pyridine rings is 1. The number of rotatable bonds is 3. The number of hydrogen-bond acceptors (Lipinski definition) is 5. The van der Waals surface area contributed by atoms with Crippen LogP contribution in [0, 0.1) is 6.92 Å². The zero-order valence-electron chi connectivity index (χ0n) is 12.6. The maximum atomic E-state index is 12.0. The molecule has 3 N–H and O–H groups in total. The third kappa shape index (κ3) is 2.85. The number of primary amides is 1. The molecule has 0 saturated heterocycles. The van der Waals surface area contributed by atoms with Crippen molar-refractivity contribution in [1.82, 2.24) is 10.4 Å². The van der Waals surface area contributed by atoms with Gasteiger partial charge in [-0.3, -0.25) is 14.6 Å². The van der Waals surface area contributed by atoms with E-state index in [1.807, 2.05) is 0 Å². The lowest BCUT2D eigenvalue weighted by Gasteiger charge is -2.13. The number of fused-ring (bicyclic) bond motifs is 1. The van der Waals surface area contributed by atoms with Crippen LogP contribution in [0.4, 0.5) is 0 Å². The van der Waals surface area contributed by atoms with E-state index in [1.54, 1.807) is 25.3 Å². The molecule has 0 bridgehead atoms. The summed E-state index contributed by atoms with van der Waals surface area (Å²) in [5.41, 5.74) is 10.4. The summed E-state index contributed by atoms with van der Waals surface area (Å²) in [7, 11) is 0. The van der Waals surface area contributed by atoms with Gasteiger partial charge in [0.1, 0.15) is 5.76 Å². The standard InChI is InChI=1S/C16H16N4O3/c1-9-13-11(5-2-6-12(13)23-14(9)15(17)21)19-20-16(22)10-4-3-7-18-8-10/h3-4,7-8H,2,5-6H2,1H3,(H2,17,21)(H,20,22)/b19-11+. The second-order valence-corrected chi connectivity index (χ2v) is 5.31. The molecule has 118 valence electrons. The van der Waals surface area contributed by atoms with E-state index in [0.29, 0.717) is 29.0 Å². The number of nitrogens with zero attached hydrogens (tertiary/aromatic N) is 2. The van der Waals surface area contributed by atoms with Crippen molar-refractivity contribution in [2.24, 2.45) is 10.8 Å². The number of hydrazone groups is 1. The molecule has 0 spiro atoms. The van der Waals surface area contributed by atoms with Gasteiger partial charge < -0.3 is 10.2 Å². The molecule has 1 aliphatic rings. The highest BCUT2D eigenvalue weighted by atomic mass is 16.4. The molecular weight excluding hydrogens is 296 g/mol. The Morgan fingerprint density at radius 2 is 2.22 bits per heavy atom. The van der Waals surface area contributed by atoms with Gasteiger partial charge in [-0.1, -0.05) is 0 Å². The van der Waals surface area contributed by atoms with Gasteiger partial charge in [-0.15, -0.1) is 0 Å². The minimum Gasteiger partial charge on any atom is -0.455 e. The van der Waals surface area contributed by atoms with Gasteiger partial charge >= 0.3 is 0 Å². The summed E-state index contributed by atoms with van der Waals surface area (Å²) in [6.45, 7) is 1.77. The zero-order valence-corrected chi connectivity index (χ0v) is 12.6. The average molecular weight is 312 g/mol. The second kappa shape index (κ2) is 6.04. The molecule has 0 unspecified atom stereocenters. The molecule has 0 fully saturated rings. The van der Waals surface area contributed by atoms with E-state index in [0.717, 1.165) is 18.4 Å². The van der Waals surface area contributed by atoms with Crippen LogP contribution >= 0.6 is 0 Å². The molecule has 2 amide bonds. The van der Waals surface area contributed by atoms with Crippen molar-refractivity contribution in [3.05, 3.63) is 52.7 Å². The Hall–Kier alpha value is -2.96. The molecule has 3 rings (SSSR count). The van der Waals surface area contributed by atoms with Crippen LogP contribution in [-0.2, 0) is 6.42 Å². The average Bonchev–Trinajstić information content (AvgIpc) is 2.91. The summed E-state index contributed by atoms with van der Waals surface area (Å²) in [6, 6.07) is 3.34. The minimum absolute atomic E-state index is 0.156. The predicted molar refractivity (Wildman–Crippen MR) is 83.1 cm³/mol. The van der Waals surface area contributed by atoms with Crippen LogP contribution in [0.1, 0.15) is 50.6 Å². The molecule has 1 aliphatic carbocycles. The van der Waals surface area contributed by atoms with Crippen molar-refractivity contribution in [3.8, 4) is 0 Å². The highest BCUT2D eigenvalue weighted by Gasteiger charge is 2.27. The maximum absolute atomic E-state index is 12.0. The number of amides is 2. The lowest BCUT2D eigenvalue weighted by Crippen LogP contribution is -2.22. The van der Waals surface area contributed by atoms with Crippen molar-refractivity contribution < 1.29 is 14.0 Å². The molecular formula is C16H16N4O3. The summed E-state index contributed by atoms with van der Waals surface area (Å²) < 4.78 is 5.54. The predicted octanol–water partition coefficient (Wildman–Crippen LogP) is 1.55. The van der Waals surface area contributed by atoms with Gasteiger partial charge in [0.2, 0.25) is 0 Å². The van der Waals surface area contributed by atoms with Crippen molar-refractivity contribution in [2.75, 3.05) is 0 Å². The monoisotopic (exact) mass is 312 g/mol. The van der Waals surface area contributed by atoms with Crippen molar-refractivity contribution in [2.45, 2.75) is 26.2 Å². The Bertz CT molecular complexity index is 793. The summed E-state index contributed by atoms with van der Waals surface area (Å²) in [5, 5.41) is 4.21. The Balaban J connectivity index is 1.88. The van der Waals surface area contributed by atoms with Crippen LogP contribution in [0.15, 0.2) is 34.0 Å². The van der Waals surface area contributed by atoms with Gasteiger partial charge in [0.25, 0.3) is 11.8 Å². The lowest BCUT2D eigenvalue weighted by atomic mass is 9.93. The first-order valence-electron chi connectivity index (χ1n) is 7.27. The lowest BCUT2D eigenvalue weighted by molar-refractivity contribution is 0.0951. The molecule has 23 heavy (non-hydrogen) atoms. The first-order valence-corrected chi connectivity index (χ1v) is 7.27. The van der Waals surface area contributed by atoms with Gasteiger partial charge in [0.15, 0.2) is 5.76 Å². The number of nitrogens with one attached hydrogen (secondary N) is 1. The van der Waals surface area contributed by atoms with E-state index < -0.39 is 5.91 Å². The Kier molecular flexibility index (Phi) is 3.92. The molecule has 2 aromatic heterocycles. The first-order chi connectivity index (χ1) is 11.1. The Morgan fingerprint density at radius 3 is 2.91 bits per heavy atom. The number of carbonyl (C=O) groups is 2. The Morgan fingerprint density at radius 1 is 1.39 bits per heavy atom. The van der Waals surface area contributed by atoms with Gasteiger partial charge in [-0.25, -0.2) is 5.43 Å². The first kappa shape index (κ1) is 15.0. The van der Waals surface area contributed by atoms with Crippen molar-refractivity contribution >= 4 is 17.5 Å². The number of aryl methyl sites for hydroxylation is 1. The molecule has 0 saturated carbocycles. The SMILES string of the molecule is Cc1c(C(N)=O)oc2c1/C(=N/NC(=O)c1cccnc1)CCC2. The largest absolute Gasteiger partial charge is 0.455 e. The van der Waals surface area contributed by atoms with E-state index in [1.165, 1.54) is 6.20 Å². The number of hydrogen-bond donors (Lipinski definition) is 2. The Labute approximate surface area is 132 Å². The van der Waals surface area contributed by atoms with Crippen LogP contribution in [0.2, 0.25) is 0 Å². The molecule has 0 aliphatic heterocycles. The molecule has 0 aromatic carbocycles. The number of nitrogens with two attached hydrogens (primary N) is 1. The summed E-state index contributed by atoms with van der Waals surface area (Å²) >= 11 is 0. The minimum atomic E-state index is -0.601. The van der Waals surface area contributed by atoms with Crippen molar-refractivity contribution in [3.63, 3.8) is 0 Å². The normalized spacial score (nSPS) is 15.3. The fourth-order valence-electron chi connectivity index (χ4n) is 2.70. The smallest absolute Gasteiger partial charge is 0.284 e. The van der Waals surface area contributed by atoms with Crippen LogP contribution in [0.5, 0.6) is 0 Å². The summed E-state index contributed by atoms with van der Waals surface area (Å²) in [4.78, 5) is 27.3. The van der Waals surface area contributed by atoms with E-state index in [4.69, 9.17) is 10.2 Å². The maximum Gasteiger partial charge on any atom is 0.284 e. The van der Waals surface area contributed by atoms with Gasteiger partial charge in [-0.05, 0) is 31.9 Å². The highest BCUT2D eigenvalue weighted by Crippen LogP contribution is 2.29. The molecule has 0 radical (unpaired) electrons. The third-order valence-corrected chi connectivity index (χ3v) is 3.77. The number of carbonyl (C=O) groups excluding carboxylic acids is 2. The van der Waals surface area contributed by atoms with Gasteiger partial charge in [-0.2, -0.15) is 5.10 Å². The molecule has 7 nitrogen and oxygen atoms in total. The van der Waals surface area contributed by atoms with Gasteiger partial charge in [0, 0.05) is 29.9 Å². The number of furan rings is 1. The van der Waals surface area contributed by atoms with Crippen LogP contribution < -0.4 is 11.2 Å². The molecule has 2 heterocycles. The van der Waals surface area contributed by atoms with E-state index in [9.17, 15) is 9.59 Å². The quantitative estimate of drug-likeness (QED) is 0.838. The van der Waals surface area contributed by atoms with E-state index >= 15 is 0 Å². The van der Waals surface area contributed by atoms with Crippen molar-refractivity contribution in [1.29, 1.82) is 0 Å². The number of aromatic nitrogens is 1. The third-order valence-electron chi connectivity index (χ3n) is 3.77. The molecule has 0 atom stereocenters. The van der Waals surface area contributed by atoms with Crippen LogP contribution in [0.3, 0.4) is 0 Å². The van der Waals surface area contributed by atoms with E-state index in [-0.39, 0.29) is 11.7 Å². The van der Waals surface area contributed by atoms with E-state index in [2.05, 4.69) is 15.5 Å². The zero-order chi connectivity index (χ0) is 16.4. The van der Waals surface area contributed by atoms with Gasteiger partial charge in [0.05, 0.1) is 11.3 Å². The topological polar surface area (TPSA) is 111 Å². The van der Waals surface area contributed by atoms with Crippen LogP contribution in [-0.4, -0.2) is 22.5 Å². The molecule has 7 heteroatoms. The second-order valence-electron chi connectivity index (χ2n) is 5.31. The summed E-state index contributed by atoms with van der Waals surface area (Å²) in [6.07, 6.45) is 5.31. The fraction of sp³-hybridized carbons (Fsp3) is 0.250.